The number of hydrogen-bond acceptors (Lipinski definition) is 6. The summed E-state index contributed by atoms with van der Waals surface area (Å²) in [6, 6.07) is 0. The molecule has 0 bridgehead atoms. The van der Waals surface area contributed by atoms with E-state index in [0.29, 0.717) is 19.3 Å². The zero-order chi connectivity index (χ0) is 59.9. The second-order valence-electron chi connectivity index (χ2n) is 22.3. The molecule has 0 spiro atoms. The normalized spacial score (nSPS) is 13.0. The first-order valence-electron chi connectivity index (χ1n) is 34.3. The van der Waals surface area contributed by atoms with E-state index in [0.717, 1.165) is 109 Å². The largest absolute Gasteiger partial charge is 0.462 e. The molecule has 0 saturated carbocycles. The molecular weight excluding hydrogens is 1020 g/mol. The number of unbranched alkanes of at least 4 members (excludes halogenated alkanes) is 26. The van der Waals surface area contributed by atoms with E-state index in [1.807, 2.05) is 6.08 Å². The Morgan fingerprint density at radius 1 is 0.253 bits per heavy atom. The minimum Gasteiger partial charge on any atom is -0.462 e. The molecule has 0 aromatic carbocycles. The molecule has 0 aliphatic heterocycles. The second kappa shape index (κ2) is 69.8. The molecule has 470 valence electrons. The van der Waals surface area contributed by atoms with Crippen LogP contribution >= 0.6 is 0 Å². The molecule has 1 unspecified atom stereocenters. The average molecular weight is 1150 g/mol. The second-order valence-corrected chi connectivity index (χ2v) is 22.3. The third kappa shape index (κ3) is 68.0. The van der Waals surface area contributed by atoms with Gasteiger partial charge in [-0.05, 0) is 128 Å². The molecule has 0 rings (SSSR count). The zero-order valence-electron chi connectivity index (χ0n) is 53.9. The van der Waals surface area contributed by atoms with Gasteiger partial charge in [0.25, 0.3) is 0 Å². The SMILES string of the molecule is CC/C=C\C/C=C\C/C=C\C/C=C\C/C=C\C/C=C\C/C=C\CCCCCCCCCCCCCCCC(=O)OCC(COC(=O)CC/C=C\C/C=C\C/C=C\C/C=C\CC)OC(=O)CCCCCCCCC/C=C\CCCCCCCC. The topological polar surface area (TPSA) is 78.9 Å². The maximum atomic E-state index is 12.9. The van der Waals surface area contributed by atoms with Crippen LogP contribution in [0.4, 0.5) is 0 Å². The third-order valence-electron chi connectivity index (χ3n) is 14.3. The van der Waals surface area contributed by atoms with Crippen LogP contribution in [0.15, 0.2) is 146 Å². The summed E-state index contributed by atoms with van der Waals surface area (Å²) in [5.74, 6) is -0.991. The summed E-state index contributed by atoms with van der Waals surface area (Å²) >= 11 is 0. The van der Waals surface area contributed by atoms with Crippen LogP contribution in [0, 0.1) is 0 Å². The Balaban J connectivity index is 4.24. The molecule has 1 atom stereocenters. The molecule has 6 nitrogen and oxygen atoms in total. The van der Waals surface area contributed by atoms with Gasteiger partial charge in [-0.3, -0.25) is 14.4 Å². The van der Waals surface area contributed by atoms with E-state index in [9.17, 15) is 14.4 Å². The van der Waals surface area contributed by atoms with Gasteiger partial charge in [-0.15, -0.1) is 0 Å². The van der Waals surface area contributed by atoms with Crippen LogP contribution in [0.3, 0.4) is 0 Å². The van der Waals surface area contributed by atoms with Gasteiger partial charge < -0.3 is 14.2 Å². The maximum absolute atomic E-state index is 12.9. The van der Waals surface area contributed by atoms with Crippen molar-refractivity contribution in [2.24, 2.45) is 0 Å². The summed E-state index contributed by atoms with van der Waals surface area (Å²) in [6.07, 6.45) is 100. The summed E-state index contributed by atoms with van der Waals surface area (Å²) in [6.45, 7) is 6.35. The molecule has 0 heterocycles. The van der Waals surface area contributed by atoms with Crippen molar-refractivity contribution in [1.82, 2.24) is 0 Å². The number of esters is 3. The van der Waals surface area contributed by atoms with Crippen molar-refractivity contribution in [1.29, 1.82) is 0 Å². The Labute approximate surface area is 512 Å². The quantitative estimate of drug-likeness (QED) is 0.0261. The summed E-state index contributed by atoms with van der Waals surface area (Å²) in [4.78, 5) is 38.3. The molecule has 6 heteroatoms. The highest BCUT2D eigenvalue weighted by atomic mass is 16.6. The van der Waals surface area contributed by atoms with Gasteiger partial charge in [-0.1, -0.05) is 301 Å². The van der Waals surface area contributed by atoms with Crippen molar-refractivity contribution in [3.63, 3.8) is 0 Å². The standard InChI is InChI=1S/C77H126O6/c1-4-7-10-13-16-19-22-25-27-29-30-31-32-33-34-35-36-37-38-39-40-41-42-43-44-45-46-48-49-52-55-58-61-64-67-70-76(79)82-73-74(72-81-75(78)69-66-63-60-57-54-51-24-21-18-15-12-9-6-3)83-77(80)71-68-65-62-59-56-53-50-47-28-26-23-20-17-14-11-8-5-2/h7,9-10,12,16,18-19,21,25-28,30-31,33-34,36-37,39-40,51,54,60,63,74H,4-6,8,11,13-15,17,20,22-24,29,32,35,38,41-50,52-53,55-59,61-62,64-73H2,1-3H3/b10-7-,12-9-,19-16-,21-18-,27-25-,28-26-,31-30-,34-33-,37-36-,40-39-,54-51-,63-60-. The van der Waals surface area contributed by atoms with Crippen LogP contribution in [0.5, 0.6) is 0 Å². The van der Waals surface area contributed by atoms with Crippen molar-refractivity contribution in [2.45, 2.75) is 309 Å². The van der Waals surface area contributed by atoms with Gasteiger partial charge in [0.2, 0.25) is 0 Å². The number of rotatable bonds is 61. The smallest absolute Gasteiger partial charge is 0.306 e. The molecule has 0 saturated heterocycles. The first-order chi connectivity index (χ1) is 41.0. The highest BCUT2D eigenvalue weighted by molar-refractivity contribution is 5.71. The lowest BCUT2D eigenvalue weighted by atomic mass is 10.0. The first kappa shape index (κ1) is 78.3. The lowest BCUT2D eigenvalue weighted by Gasteiger charge is -2.18. The van der Waals surface area contributed by atoms with Crippen LogP contribution in [0.25, 0.3) is 0 Å². The van der Waals surface area contributed by atoms with Crippen LogP contribution in [-0.2, 0) is 28.6 Å². The van der Waals surface area contributed by atoms with E-state index >= 15 is 0 Å². The number of ether oxygens (including phenoxy) is 3. The number of hydrogen-bond donors (Lipinski definition) is 0. The molecule has 83 heavy (non-hydrogen) atoms. The Kier molecular flexibility index (Phi) is 65.8. The van der Waals surface area contributed by atoms with Gasteiger partial charge in [-0.25, -0.2) is 0 Å². The Morgan fingerprint density at radius 3 is 0.819 bits per heavy atom. The van der Waals surface area contributed by atoms with Crippen molar-refractivity contribution in [3.8, 4) is 0 Å². The maximum Gasteiger partial charge on any atom is 0.306 e. The molecule has 0 aromatic heterocycles. The van der Waals surface area contributed by atoms with Crippen LogP contribution in [-0.4, -0.2) is 37.2 Å². The van der Waals surface area contributed by atoms with E-state index in [4.69, 9.17) is 14.2 Å². The van der Waals surface area contributed by atoms with Gasteiger partial charge in [0, 0.05) is 19.3 Å². The molecule has 0 fully saturated rings. The number of carbonyl (C=O) groups excluding carboxylic acids is 3. The van der Waals surface area contributed by atoms with Crippen molar-refractivity contribution in [3.05, 3.63) is 146 Å². The molecule has 0 aliphatic rings. The van der Waals surface area contributed by atoms with Crippen molar-refractivity contribution in [2.75, 3.05) is 13.2 Å². The van der Waals surface area contributed by atoms with Crippen LogP contribution in [0.1, 0.15) is 303 Å². The van der Waals surface area contributed by atoms with Gasteiger partial charge in [0.1, 0.15) is 13.2 Å². The van der Waals surface area contributed by atoms with E-state index in [2.05, 4.69) is 161 Å². The van der Waals surface area contributed by atoms with E-state index in [1.54, 1.807) is 0 Å². The molecule has 0 aliphatic carbocycles. The predicted octanol–water partition coefficient (Wildman–Crippen LogP) is 23.9. The van der Waals surface area contributed by atoms with Gasteiger partial charge in [-0.2, -0.15) is 0 Å². The van der Waals surface area contributed by atoms with Crippen molar-refractivity contribution < 1.29 is 28.6 Å². The lowest BCUT2D eigenvalue weighted by molar-refractivity contribution is -0.166. The first-order valence-corrected chi connectivity index (χ1v) is 34.3. The Bertz CT molecular complexity index is 1800. The highest BCUT2D eigenvalue weighted by Gasteiger charge is 2.19. The fourth-order valence-corrected chi connectivity index (χ4v) is 9.26. The molecule has 0 aromatic rings. The fraction of sp³-hybridized carbons (Fsp3) is 0.649. The van der Waals surface area contributed by atoms with Gasteiger partial charge in [0.15, 0.2) is 6.10 Å². The van der Waals surface area contributed by atoms with Crippen LogP contribution < -0.4 is 0 Å². The predicted molar refractivity (Wildman–Crippen MR) is 362 cm³/mol. The van der Waals surface area contributed by atoms with Crippen molar-refractivity contribution >= 4 is 17.9 Å². The molecule has 0 radical (unpaired) electrons. The summed E-state index contributed by atoms with van der Waals surface area (Å²) in [5.41, 5.74) is 0. The van der Waals surface area contributed by atoms with Gasteiger partial charge >= 0.3 is 17.9 Å². The lowest BCUT2D eigenvalue weighted by Crippen LogP contribution is -2.30. The minimum absolute atomic E-state index is 0.105. The summed E-state index contributed by atoms with van der Waals surface area (Å²) < 4.78 is 16.9. The van der Waals surface area contributed by atoms with E-state index in [-0.39, 0.29) is 37.5 Å². The molecule has 0 amide bonds. The number of allylic oxidation sites excluding steroid dienone is 24. The third-order valence-corrected chi connectivity index (χ3v) is 14.3. The summed E-state index contributed by atoms with van der Waals surface area (Å²) in [5, 5.41) is 0. The van der Waals surface area contributed by atoms with Crippen LogP contribution in [0.2, 0.25) is 0 Å². The Hall–Kier alpha value is -4.71. The average Bonchev–Trinajstić information content (AvgIpc) is 3.49. The van der Waals surface area contributed by atoms with E-state index < -0.39 is 6.10 Å². The molecule has 0 N–H and O–H groups in total. The molecular formula is C77H126O6. The minimum atomic E-state index is -0.814. The number of carbonyl (C=O) groups is 3. The highest BCUT2D eigenvalue weighted by Crippen LogP contribution is 2.16. The van der Waals surface area contributed by atoms with E-state index in [1.165, 1.54) is 148 Å². The Morgan fingerprint density at radius 2 is 0.494 bits per heavy atom. The monoisotopic (exact) mass is 1150 g/mol. The zero-order valence-corrected chi connectivity index (χ0v) is 53.9. The van der Waals surface area contributed by atoms with Gasteiger partial charge in [0.05, 0.1) is 0 Å². The summed E-state index contributed by atoms with van der Waals surface area (Å²) in [7, 11) is 0. The fourth-order valence-electron chi connectivity index (χ4n) is 9.26.